The Morgan fingerprint density at radius 2 is 1.95 bits per heavy atom. The van der Waals surface area contributed by atoms with Crippen LogP contribution >= 0.6 is 0 Å². The number of hydrogen-bond donors (Lipinski definition) is 2. The lowest BCUT2D eigenvalue weighted by Gasteiger charge is -2.22. The summed E-state index contributed by atoms with van der Waals surface area (Å²) in [5.74, 6) is -0.765. The lowest BCUT2D eigenvalue weighted by Crippen LogP contribution is -2.41. The van der Waals surface area contributed by atoms with Crippen LogP contribution in [0.2, 0.25) is 0 Å². The molecule has 0 aromatic carbocycles. The molecule has 0 spiro atoms. The maximum Gasteiger partial charge on any atom is 0.317 e. The summed E-state index contributed by atoms with van der Waals surface area (Å²) in [6.45, 7) is 6.50. The van der Waals surface area contributed by atoms with Gasteiger partial charge in [0.25, 0.3) is 0 Å². The number of amides is 2. The van der Waals surface area contributed by atoms with Crippen molar-refractivity contribution < 1.29 is 14.7 Å². The maximum atomic E-state index is 11.8. The van der Waals surface area contributed by atoms with Crippen LogP contribution < -0.4 is 5.32 Å². The standard InChI is InChI=1S/C14H25N3O3/c1-10(2)5-12(6-13(18)19)8-16-14(20)17(4)9-11(3)7-15/h10-12H,5-6,8-9H2,1-4H3,(H,16,20)(H,18,19). The van der Waals surface area contributed by atoms with E-state index in [0.29, 0.717) is 19.0 Å². The smallest absolute Gasteiger partial charge is 0.317 e. The van der Waals surface area contributed by atoms with Crippen molar-refractivity contribution in [3.63, 3.8) is 0 Å². The van der Waals surface area contributed by atoms with E-state index in [4.69, 9.17) is 10.4 Å². The highest BCUT2D eigenvalue weighted by Gasteiger charge is 2.18. The molecule has 0 saturated heterocycles. The Bertz CT molecular complexity index is 363. The van der Waals surface area contributed by atoms with Gasteiger partial charge in [-0.2, -0.15) is 5.26 Å². The van der Waals surface area contributed by atoms with Gasteiger partial charge in [0.1, 0.15) is 0 Å². The summed E-state index contributed by atoms with van der Waals surface area (Å²) >= 11 is 0. The van der Waals surface area contributed by atoms with E-state index in [2.05, 4.69) is 11.4 Å². The number of aliphatic carboxylic acids is 1. The third-order valence-corrected chi connectivity index (χ3v) is 2.92. The third kappa shape index (κ3) is 8.35. The molecule has 0 aliphatic rings. The summed E-state index contributed by atoms with van der Waals surface area (Å²) in [5.41, 5.74) is 0. The third-order valence-electron chi connectivity index (χ3n) is 2.92. The number of urea groups is 1. The van der Waals surface area contributed by atoms with Crippen LogP contribution in [0.25, 0.3) is 0 Å². The first-order valence-electron chi connectivity index (χ1n) is 6.86. The molecule has 0 fully saturated rings. The van der Waals surface area contributed by atoms with Gasteiger partial charge >= 0.3 is 12.0 Å². The van der Waals surface area contributed by atoms with Crippen molar-refractivity contribution in [3.8, 4) is 6.07 Å². The number of carboxylic acids is 1. The number of nitriles is 1. The molecule has 2 N–H and O–H groups in total. The van der Waals surface area contributed by atoms with Crippen LogP contribution in [-0.2, 0) is 4.79 Å². The number of carbonyl (C=O) groups excluding carboxylic acids is 1. The maximum absolute atomic E-state index is 11.8. The molecule has 2 amide bonds. The number of nitrogens with one attached hydrogen (secondary N) is 1. The molecule has 0 rings (SSSR count). The molecule has 2 unspecified atom stereocenters. The van der Waals surface area contributed by atoms with Crippen molar-refractivity contribution in [2.24, 2.45) is 17.8 Å². The molecule has 20 heavy (non-hydrogen) atoms. The lowest BCUT2D eigenvalue weighted by atomic mass is 9.94. The first kappa shape index (κ1) is 18.2. The molecular weight excluding hydrogens is 258 g/mol. The van der Waals surface area contributed by atoms with Crippen molar-refractivity contribution in [2.45, 2.75) is 33.6 Å². The van der Waals surface area contributed by atoms with Crippen molar-refractivity contribution in [2.75, 3.05) is 20.1 Å². The zero-order chi connectivity index (χ0) is 15.7. The summed E-state index contributed by atoms with van der Waals surface area (Å²) in [5, 5.41) is 20.3. The van der Waals surface area contributed by atoms with Crippen molar-refractivity contribution in [3.05, 3.63) is 0 Å². The predicted octanol–water partition coefficient (Wildman–Crippen LogP) is 1.92. The first-order chi connectivity index (χ1) is 9.26. The quantitative estimate of drug-likeness (QED) is 0.711. The van der Waals surface area contributed by atoms with E-state index in [-0.39, 0.29) is 24.3 Å². The Hall–Kier alpha value is -1.77. The van der Waals surface area contributed by atoms with Gasteiger partial charge in [0.15, 0.2) is 0 Å². The van der Waals surface area contributed by atoms with E-state index in [0.717, 1.165) is 6.42 Å². The normalized spacial score (nSPS) is 13.4. The van der Waals surface area contributed by atoms with Gasteiger partial charge in [-0.05, 0) is 25.2 Å². The fourth-order valence-corrected chi connectivity index (χ4v) is 2.05. The molecule has 0 heterocycles. The lowest BCUT2D eigenvalue weighted by molar-refractivity contribution is -0.138. The van der Waals surface area contributed by atoms with Gasteiger partial charge in [-0.25, -0.2) is 4.79 Å². The van der Waals surface area contributed by atoms with Gasteiger partial charge in [-0.1, -0.05) is 13.8 Å². The second-order valence-electron chi connectivity index (χ2n) is 5.69. The molecule has 0 radical (unpaired) electrons. The van der Waals surface area contributed by atoms with Gasteiger partial charge in [0.2, 0.25) is 0 Å². The number of carbonyl (C=O) groups is 2. The van der Waals surface area contributed by atoms with Crippen LogP contribution in [0.15, 0.2) is 0 Å². The van der Waals surface area contributed by atoms with Crippen LogP contribution in [0.5, 0.6) is 0 Å². The molecule has 0 aliphatic carbocycles. The minimum atomic E-state index is -0.851. The average molecular weight is 283 g/mol. The molecule has 0 aromatic rings. The number of carboxylic acid groups (broad SMARTS) is 1. The van der Waals surface area contributed by atoms with Gasteiger partial charge < -0.3 is 15.3 Å². The van der Waals surface area contributed by atoms with E-state index < -0.39 is 5.97 Å². The van der Waals surface area contributed by atoms with E-state index in [1.165, 1.54) is 4.90 Å². The monoisotopic (exact) mass is 283 g/mol. The largest absolute Gasteiger partial charge is 0.481 e. The van der Waals surface area contributed by atoms with Crippen LogP contribution in [0, 0.1) is 29.1 Å². The Labute approximate surface area is 120 Å². The second kappa shape index (κ2) is 9.18. The highest BCUT2D eigenvalue weighted by molar-refractivity contribution is 5.74. The number of nitrogens with zero attached hydrogens (tertiary/aromatic N) is 2. The van der Waals surface area contributed by atoms with Gasteiger partial charge in [0.05, 0.1) is 12.0 Å². The van der Waals surface area contributed by atoms with Crippen molar-refractivity contribution in [1.82, 2.24) is 10.2 Å². The molecule has 0 bridgehead atoms. The molecule has 0 aromatic heterocycles. The highest BCUT2D eigenvalue weighted by atomic mass is 16.4. The molecular formula is C14H25N3O3. The Balaban J connectivity index is 4.28. The molecule has 114 valence electrons. The molecule has 6 heteroatoms. The fourth-order valence-electron chi connectivity index (χ4n) is 2.05. The van der Waals surface area contributed by atoms with Gasteiger partial charge in [-0.3, -0.25) is 4.79 Å². The van der Waals surface area contributed by atoms with Gasteiger partial charge in [0, 0.05) is 26.6 Å². The van der Waals surface area contributed by atoms with Gasteiger partial charge in [-0.15, -0.1) is 0 Å². The minimum absolute atomic E-state index is 0.0524. The molecule has 0 aliphatic heterocycles. The van der Waals surface area contributed by atoms with E-state index in [1.807, 2.05) is 13.8 Å². The summed E-state index contributed by atoms with van der Waals surface area (Å²) in [4.78, 5) is 24.1. The molecule has 0 saturated carbocycles. The van der Waals surface area contributed by atoms with Crippen LogP contribution in [-0.4, -0.2) is 42.1 Å². The van der Waals surface area contributed by atoms with Crippen molar-refractivity contribution >= 4 is 12.0 Å². The fraction of sp³-hybridized carbons (Fsp3) is 0.786. The van der Waals surface area contributed by atoms with Crippen molar-refractivity contribution in [1.29, 1.82) is 5.26 Å². The minimum Gasteiger partial charge on any atom is -0.481 e. The predicted molar refractivity (Wildman–Crippen MR) is 76.0 cm³/mol. The zero-order valence-corrected chi connectivity index (χ0v) is 12.7. The summed E-state index contributed by atoms with van der Waals surface area (Å²) in [6, 6.07) is 1.80. The Morgan fingerprint density at radius 1 is 1.35 bits per heavy atom. The molecule has 2 atom stereocenters. The van der Waals surface area contributed by atoms with E-state index in [9.17, 15) is 9.59 Å². The molecule has 6 nitrogen and oxygen atoms in total. The Morgan fingerprint density at radius 3 is 2.40 bits per heavy atom. The topological polar surface area (TPSA) is 93.4 Å². The SMILES string of the molecule is CC(C)CC(CNC(=O)N(C)CC(C)C#N)CC(=O)O. The number of hydrogen-bond acceptors (Lipinski definition) is 3. The van der Waals surface area contributed by atoms with Crippen LogP contribution in [0.4, 0.5) is 4.79 Å². The van der Waals surface area contributed by atoms with E-state index in [1.54, 1.807) is 14.0 Å². The zero-order valence-electron chi connectivity index (χ0n) is 12.7. The summed E-state index contributed by atoms with van der Waals surface area (Å²) < 4.78 is 0. The van der Waals surface area contributed by atoms with Crippen LogP contribution in [0.3, 0.4) is 0 Å². The van der Waals surface area contributed by atoms with E-state index >= 15 is 0 Å². The number of rotatable bonds is 8. The highest BCUT2D eigenvalue weighted by Crippen LogP contribution is 2.14. The average Bonchev–Trinajstić information content (AvgIpc) is 2.33. The Kier molecular flexibility index (Phi) is 8.37. The summed E-state index contributed by atoms with van der Waals surface area (Å²) in [7, 11) is 1.62. The first-order valence-corrected chi connectivity index (χ1v) is 6.86. The van der Waals surface area contributed by atoms with Crippen LogP contribution in [0.1, 0.15) is 33.6 Å². The second-order valence-corrected chi connectivity index (χ2v) is 5.69. The summed E-state index contributed by atoms with van der Waals surface area (Å²) in [6.07, 6.45) is 0.807.